The fraction of sp³-hybridized carbons (Fsp3) is 0.300. The molecule has 27 heavy (non-hydrogen) atoms. The third kappa shape index (κ3) is 4.08. The number of carbonyl (C=O) groups excluding carboxylic acids is 1. The predicted molar refractivity (Wildman–Crippen MR) is 109 cm³/mol. The van der Waals surface area contributed by atoms with Gasteiger partial charge in [0.1, 0.15) is 0 Å². The Labute approximate surface area is 167 Å². The molecule has 2 aromatic heterocycles. The largest absolute Gasteiger partial charge is 0.335 e. The summed E-state index contributed by atoms with van der Waals surface area (Å²) in [4.78, 5) is 18.4. The minimum absolute atomic E-state index is 0.00611. The quantitative estimate of drug-likeness (QED) is 0.667. The molecule has 1 aliphatic rings. The molecule has 0 N–H and O–H groups in total. The van der Waals surface area contributed by atoms with Crippen molar-refractivity contribution in [1.29, 1.82) is 0 Å². The lowest BCUT2D eigenvalue weighted by atomic mass is 10.2. The minimum Gasteiger partial charge on any atom is -0.335 e. The number of nitrogens with zero attached hydrogens (tertiary/aromatic N) is 4. The summed E-state index contributed by atoms with van der Waals surface area (Å²) in [5.74, 6) is 0.00611. The van der Waals surface area contributed by atoms with E-state index in [4.69, 9.17) is 11.6 Å². The molecule has 1 fully saturated rings. The maximum atomic E-state index is 12.9. The molecule has 140 valence electrons. The van der Waals surface area contributed by atoms with Crippen LogP contribution in [0.2, 0.25) is 4.34 Å². The maximum absolute atomic E-state index is 12.9. The van der Waals surface area contributed by atoms with Gasteiger partial charge in [0.25, 0.3) is 5.91 Å². The van der Waals surface area contributed by atoms with Crippen molar-refractivity contribution in [2.75, 3.05) is 26.2 Å². The van der Waals surface area contributed by atoms with E-state index < -0.39 is 0 Å². The van der Waals surface area contributed by atoms with Gasteiger partial charge in [-0.15, -0.1) is 11.3 Å². The Hall–Kier alpha value is -2.15. The van der Waals surface area contributed by atoms with Crippen molar-refractivity contribution in [3.05, 3.63) is 69.1 Å². The highest BCUT2D eigenvalue weighted by molar-refractivity contribution is 7.16. The molecule has 5 nitrogen and oxygen atoms in total. The van der Waals surface area contributed by atoms with E-state index in [2.05, 4.69) is 16.1 Å². The van der Waals surface area contributed by atoms with Crippen molar-refractivity contribution in [3.8, 4) is 5.69 Å². The van der Waals surface area contributed by atoms with Gasteiger partial charge in [-0.05, 0) is 37.3 Å². The Bertz CT molecular complexity index is 929. The van der Waals surface area contributed by atoms with E-state index in [0.29, 0.717) is 5.69 Å². The number of benzene rings is 1. The summed E-state index contributed by atoms with van der Waals surface area (Å²) in [6.07, 6.45) is 0. The van der Waals surface area contributed by atoms with Gasteiger partial charge >= 0.3 is 0 Å². The topological polar surface area (TPSA) is 41.4 Å². The lowest BCUT2D eigenvalue weighted by Gasteiger charge is -2.34. The summed E-state index contributed by atoms with van der Waals surface area (Å²) in [7, 11) is 0. The summed E-state index contributed by atoms with van der Waals surface area (Å²) in [6.45, 7) is 6.02. The van der Waals surface area contributed by atoms with Crippen molar-refractivity contribution < 1.29 is 4.79 Å². The molecule has 0 bridgehead atoms. The molecule has 7 heteroatoms. The minimum atomic E-state index is 0.00611. The highest BCUT2D eigenvalue weighted by Gasteiger charge is 2.24. The van der Waals surface area contributed by atoms with Crippen LogP contribution in [-0.2, 0) is 6.54 Å². The van der Waals surface area contributed by atoms with E-state index in [1.165, 1.54) is 4.88 Å². The van der Waals surface area contributed by atoms with Crippen LogP contribution in [0.4, 0.5) is 0 Å². The number of hydrogen-bond donors (Lipinski definition) is 0. The first-order valence-corrected chi connectivity index (χ1v) is 10.2. The van der Waals surface area contributed by atoms with E-state index in [1.54, 1.807) is 11.3 Å². The van der Waals surface area contributed by atoms with Gasteiger partial charge in [-0.3, -0.25) is 9.69 Å². The monoisotopic (exact) mass is 400 g/mol. The second-order valence-corrected chi connectivity index (χ2v) is 8.49. The summed E-state index contributed by atoms with van der Waals surface area (Å²) in [5.41, 5.74) is 2.43. The predicted octanol–water partition coefficient (Wildman–Crippen LogP) is 3.85. The van der Waals surface area contributed by atoms with Crippen LogP contribution < -0.4 is 0 Å². The molecule has 4 rings (SSSR count). The molecule has 0 atom stereocenters. The Kier molecular flexibility index (Phi) is 5.29. The molecule has 0 unspecified atom stereocenters. The fourth-order valence-corrected chi connectivity index (χ4v) is 4.47. The van der Waals surface area contributed by atoms with Crippen LogP contribution in [0.5, 0.6) is 0 Å². The Morgan fingerprint density at radius 3 is 2.52 bits per heavy atom. The highest BCUT2D eigenvalue weighted by atomic mass is 35.5. The van der Waals surface area contributed by atoms with Crippen molar-refractivity contribution >= 4 is 28.8 Å². The zero-order valence-electron chi connectivity index (χ0n) is 15.1. The van der Waals surface area contributed by atoms with Crippen LogP contribution in [0, 0.1) is 6.92 Å². The number of aryl methyl sites for hydroxylation is 1. The van der Waals surface area contributed by atoms with E-state index in [9.17, 15) is 4.79 Å². The molecule has 1 aliphatic heterocycles. The molecule has 0 spiro atoms. The molecular weight excluding hydrogens is 380 g/mol. The maximum Gasteiger partial charge on any atom is 0.274 e. The first kappa shape index (κ1) is 18.2. The van der Waals surface area contributed by atoms with Crippen LogP contribution in [0.1, 0.15) is 21.1 Å². The third-order valence-electron chi connectivity index (χ3n) is 4.78. The summed E-state index contributed by atoms with van der Waals surface area (Å²) in [6, 6.07) is 15.8. The van der Waals surface area contributed by atoms with Gasteiger partial charge in [0.15, 0.2) is 5.69 Å². The van der Waals surface area contributed by atoms with E-state index in [-0.39, 0.29) is 5.91 Å². The van der Waals surface area contributed by atoms with Crippen LogP contribution in [-0.4, -0.2) is 51.7 Å². The second-order valence-electron chi connectivity index (χ2n) is 6.69. The number of aromatic nitrogens is 2. The number of thiophene rings is 1. The molecule has 3 heterocycles. The smallest absolute Gasteiger partial charge is 0.274 e. The van der Waals surface area contributed by atoms with E-state index in [0.717, 1.165) is 48.4 Å². The number of para-hydroxylation sites is 1. The molecule has 0 aliphatic carbocycles. The van der Waals surface area contributed by atoms with Gasteiger partial charge in [0.05, 0.1) is 10.0 Å². The molecule has 1 amide bonds. The Balaban J connectivity index is 1.39. The average Bonchev–Trinajstić information content (AvgIpc) is 3.28. The summed E-state index contributed by atoms with van der Waals surface area (Å²) in [5, 5.41) is 4.54. The van der Waals surface area contributed by atoms with E-state index in [1.807, 2.05) is 59.0 Å². The summed E-state index contributed by atoms with van der Waals surface area (Å²) < 4.78 is 2.65. The SMILES string of the molecule is Cc1cc(C(=O)N2CCN(Cc3ccc(Cl)s3)CC2)nn1-c1ccccc1. The number of halogens is 1. The number of carbonyl (C=O) groups is 1. The normalized spacial score (nSPS) is 15.3. The van der Waals surface area contributed by atoms with Gasteiger partial charge in [0, 0.05) is 43.3 Å². The zero-order valence-corrected chi connectivity index (χ0v) is 16.7. The molecule has 0 saturated carbocycles. The first-order valence-electron chi connectivity index (χ1n) is 8.98. The van der Waals surface area contributed by atoms with Gasteiger partial charge in [-0.1, -0.05) is 29.8 Å². The first-order chi connectivity index (χ1) is 13.1. The lowest BCUT2D eigenvalue weighted by Crippen LogP contribution is -2.48. The zero-order chi connectivity index (χ0) is 18.8. The highest BCUT2D eigenvalue weighted by Crippen LogP contribution is 2.23. The molecule has 1 aromatic carbocycles. The van der Waals surface area contributed by atoms with E-state index >= 15 is 0 Å². The van der Waals surface area contributed by atoms with Gasteiger partial charge < -0.3 is 4.90 Å². The van der Waals surface area contributed by atoms with Crippen molar-refractivity contribution in [2.24, 2.45) is 0 Å². The van der Waals surface area contributed by atoms with Crippen molar-refractivity contribution in [1.82, 2.24) is 19.6 Å². The number of amides is 1. The molecule has 1 saturated heterocycles. The number of hydrogen-bond acceptors (Lipinski definition) is 4. The second kappa shape index (κ2) is 7.84. The van der Waals surface area contributed by atoms with Crippen LogP contribution in [0.3, 0.4) is 0 Å². The molecule has 0 radical (unpaired) electrons. The standard InChI is InChI=1S/C20H21ClN4OS/c1-15-13-18(22-25(15)16-5-3-2-4-6-16)20(26)24-11-9-23(10-12-24)14-17-7-8-19(21)27-17/h2-8,13H,9-12,14H2,1H3. The van der Waals surface area contributed by atoms with Gasteiger partial charge in [-0.25, -0.2) is 4.68 Å². The molecule has 3 aromatic rings. The fourth-order valence-electron chi connectivity index (χ4n) is 3.34. The Morgan fingerprint density at radius 1 is 1.11 bits per heavy atom. The number of rotatable bonds is 4. The number of piperazine rings is 1. The van der Waals surface area contributed by atoms with Gasteiger partial charge in [-0.2, -0.15) is 5.10 Å². The van der Waals surface area contributed by atoms with Crippen LogP contribution in [0.15, 0.2) is 48.5 Å². The van der Waals surface area contributed by atoms with Crippen LogP contribution in [0.25, 0.3) is 5.69 Å². The third-order valence-corrected chi connectivity index (χ3v) is 5.99. The molecular formula is C20H21ClN4OS. The lowest BCUT2D eigenvalue weighted by molar-refractivity contribution is 0.0623. The van der Waals surface area contributed by atoms with Crippen molar-refractivity contribution in [2.45, 2.75) is 13.5 Å². The average molecular weight is 401 g/mol. The Morgan fingerprint density at radius 2 is 1.85 bits per heavy atom. The van der Waals surface area contributed by atoms with Gasteiger partial charge in [0.2, 0.25) is 0 Å². The summed E-state index contributed by atoms with van der Waals surface area (Å²) >= 11 is 7.63. The van der Waals surface area contributed by atoms with Crippen molar-refractivity contribution in [3.63, 3.8) is 0 Å². The van der Waals surface area contributed by atoms with Crippen LogP contribution >= 0.6 is 22.9 Å².